The summed E-state index contributed by atoms with van der Waals surface area (Å²) in [6.07, 6.45) is 8.25. The van der Waals surface area contributed by atoms with Crippen molar-refractivity contribution in [3.8, 4) is 0 Å². The lowest BCUT2D eigenvalue weighted by Crippen LogP contribution is -2.22. The van der Waals surface area contributed by atoms with Gasteiger partial charge in [-0.3, -0.25) is 4.79 Å². The first-order valence-corrected chi connectivity index (χ1v) is 7.61. The number of amides is 1. The minimum absolute atomic E-state index is 0.0181. The van der Waals surface area contributed by atoms with Gasteiger partial charge in [-0.25, -0.2) is 4.39 Å². The van der Waals surface area contributed by atoms with Crippen LogP contribution in [0.15, 0.2) is 12.1 Å². The van der Waals surface area contributed by atoms with Crippen molar-refractivity contribution in [3.05, 3.63) is 23.5 Å². The zero-order valence-corrected chi connectivity index (χ0v) is 11.7. The summed E-state index contributed by atoms with van der Waals surface area (Å²) in [7, 11) is 0. The number of rotatable bonds is 2. The zero-order chi connectivity index (χ0) is 13.9. The van der Waals surface area contributed by atoms with Crippen molar-refractivity contribution in [2.24, 2.45) is 0 Å². The molecule has 0 aromatic heterocycles. The molecule has 1 heterocycles. The van der Waals surface area contributed by atoms with Crippen LogP contribution in [0.25, 0.3) is 0 Å². The second-order valence-corrected chi connectivity index (χ2v) is 5.87. The lowest BCUT2D eigenvalue weighted by atomic mass is 10.0. The first-order chi connectivity index (χ1) is 9.72. The molecule has 0 radical (unpaired) electrons. The summed E-state index contributed by atoms with van der Waals surface area (Å²) < 4.78 is 14.2. The summed E-state index contributed by atoms with van der Waals surface area (Å²) in [5.74, 6) is -0.186. The van der Waals surface area contributed by atoms with E-state index in [4.69, 9.17) is 0 Å². The molecule has 1 aromatic rings. The maximum atomic E-state index is 14.2. The number of aryl methyl sites for hydroxylation is 1. The zero-order valence-electron chi connectivity index (χ0n) is 11.7. The SMILES string of the molecule is O=C1CCc2cc(F)c(NC3CCCCCC3)cc2N1. The number of hydrogen-bond acceptors (Lipinski definition) is 2. The third kappa shape index (κ3) is 2.94. The number of carbonyl (C=O) groups excluding carboxylic acids is 1. The Hall–Kier alpha value is -1.58. The molecule has 1 fully saturated rings. The highest BCUT2D eigenvalue weighted by molar-refractivity contribution is 5.94. The summed E-state index contributed by atoms with van der Waals surface area (Å²) in [5.41, 5.74) is 2.19. The molecule has 1 amide bonds. The van der Waals surface area contributed by atoms with Crippen molar-refractivity contribution in [2.45, 2.75) is 57.4 Å². The monoisotopic (exact) mass is 276 g/mol. The van der Waals surface area contributed by atoms with Gasteiger partial charge in [0.1, 0.15) is 5.82 Å². The fourth-order valence-electron chi connectivity index (χ4n) is 3.15. The molecule has 4 heteroatoms. The maximum Gasteiger partial charge on any atom is 0.224 e. The molecular weight excluding hydrogens is 255 g/mol. The van der Waals surface area contributed by atoms with Crippen LogP contribution in [-0.2, 0) is 11.2 Å². The molecule has 0 unspecified atom stereocenters. The highest BCUT2D eigenvalue weighted by Crippen LogP contribution is 2.30. The van der Waals surface area contributed by atoms with Gasteiger partial charge < -0.3 is 10.6 Å². The summed E-state index contributed by atoms with van der Waals surface area (Å²) in [5, 5.41) is 6.16. The van der Waals surface area contributed by atoms with Gasteiger partial charge >= 0.3 is 0 Å². The Labute approximate surface area is 118 Å². The van der Waals surface area contributed by atoms with Crippen molar-refractivity contribution in [2.75, 3.05) is 10.6 Å². The molecule has 3 nitrogen and oxygen atoms in total. The molecule has 1 aliphatic heterocycles. The molecule has 0 saturated heterocycles. The number of anilines is 2. The van der Waals surface area contributed by atoms with E-state index in [1.54, 1.807) is 12.1 Å². The molecule has 0 spiro atoms. The molecule has 2 N–H and O–H groups in total. The fraction of sp³-hybridized carbons (Fsp3) is 0.562. The summed E-state index contributed by atoms with van der Waals surface area (Å²) in [6.45, 7) is 0. The van der Waals surface area contributed by atoms with Gasteiger partial charge in [0.05, 0.1) is 5.69 Å². The van der Waals surface area contributed by atoms with Gasteiger partial charge in [0.15, 0.2) is 0 Å². The predicted octanol–water partition coefficient (Wildman–Crippen LogP) is 3.85. The Kier molecular flexibility index (Phi) is 3.90. The summed E-state index contributed by atoms with van der Waals surface area (Å²) >= 11 is 0. The van der Waals surface area contributed by atoms with E-state index in [9.17, 15) is 9.18 Å². The Morgan fingerprint density at radius 2 is 1.85 bits per heavy atom. The van der Waals surface area contributed by atoms with E-state index in [0.717, 1.165) is 24.1 Å². The van der Waals surface area contributed by atoms with Crippen LogP contribution in [0.3, 0.4) is 0 Å². The smallest absolute Gasteiger partial charge is 0.224 e. The average molecular weight is 276 g/mol. The Morgan fingerprint density at radius 3 is 2.60 bits per heavy atom. The Morgan fingerprint density at radius 1 is 1.10 bits per heavy atom. The predicted molar refractivity (Wildman–Crippen MR) is 78.5 cm³/mol. The molecule has 1 aromatic carbocycles. The topological polar surface area (TPSA) is 41.1 Å². The number of hydrogen-bond donors (Lipinski definition) is 2. The standard InChI is InChI=1S/C16H21FN2O/c17-13-9-11-7-8-16(20)19-14(11)10-15(13)18-12-5-3-1-2-4-6-12/h9-10,12,18H,1-8H2,(H,19,20). The minimum Gasteiger partial charge on any atom is -0.380 e. The number of halogens is 1. The highest BCUT2D eigenvalue weighted by Gasteiger charge is 2.19. The molecule has 1 aliphatic carbocycles. The molecule has 0 atom stereocenters. The van der Waals surface area contributed by atoms with Crippen molar-refractivity contribution in [1.29, 1.82) is 0 Å². The number of nitrogens with one attached hydrogen (secondary N) is 2. The molecule has 20 heavy (non-hydrogen) atoms. The molecular formula is C16H21FN2O. The van der Waals surface area contributed by atoms with Gasteiger partial charge in [0.25, 0.3) is 0 Å². The fourth-order valence-corrected chi connectivity index (χ4v) is 3.15. The van der Waals surface area contributed by atoms with E-state index in [0.29, 0.717) is 24.6 Å². The number of carbonyl (C=O) groups is 1. The van der Waals surface area contributed by atoms with Crippen molar-refractivity contribution in [1.82, 2.24) is 0 Å². The molecule has 3 rings (SSSR count). The van der Waals surface area contributed by atoms with Gasteiger partial charge in [-0.15, -0.1) is 0 Å². The van der Waals surface area contributed by atoms with Crippen molar-refractivity contribution >= 4 is 17.3 Å². The van der Waals surface area contributed by atoms with Crippen molar-refractivity contribution in [3.63, 3.8) is 0 Å². The van der Waals surface area contributed by atoms with E-state index in [1.165, 1.54) is 25.7 Å². The summed E-state index contributed by atoms with van der Waals surface area (Å²) in [6, 6.07) is 3.67. The largest absolute Gasteiger partial charge is 0.380 e. The van der Waals surface area contributed by atoms with Crippen LogP contribution in [-0.4, -0.2) is 11.9 Å². The maximum absolute atomic E-state index is 14.2. The Bertz CT molecular complexity index is 507. The van der Waals surface area contributed by atoms with Gasteiger partial charge in [-0.2, -0.15) is 0 Å². The van der Waals surface area contributed by atoms with E-state index in [2.05, 4.69) is 10.6 Å². The van der Waals surface area contributed by atoms with Gasteiger partial charge in [-0.05, 0) is 37.0 Å². The molecule has 1 saturated carbocycles. The van der Waals surface area contributed by atoms with Crippen LogP contribution in [0.2, 0.25) is 0 Å². The normalized spacial score (nSPS) is 19.9. The number of benzene rings is 1. The van der Waals surface area contributed by atoms with Gasteiger partial charge in [-0.1, -0.05) is 25.7 Å². The molecule has 2 aliphatic rings. The Balaban J connectivity index is 1.78. The van der Waals surface area contributed by atoms with Crippen LogP contribution in [0.4, 0.5) is 15.8 Å². The first-order valence-electron chi connectivity index (χ1n) is 7.61. The lowest BCUT2D eigenvalue weighted by molar-refractivity contribution is -0.116. The van der Waals surface area contributed by atoms with Crippen LogP contribution in [0.1, 0.15) is 50.5 Å². The second-order valence-electron chi connectivity index (χ2n) is 5.87. The third-order valence-corrected chi connectivity index (χ3v) is 4.30. The third-order valence-electron chi connectivity index (χ3n) is 4.30. The number of fused-ring (bicyclic) bond motifs is 1. The van der Waals surface area contributed by atoms with Crippen molar-refractivity contribution < 1.29 is 9.18 Å². The second kappa shape index (κ2) is 5.81. The van der Waals surface area contributed by atoms with Gasteiger partial charge in [0, 0.05) is 18.2 Å². The van der Waals surface area contributed by atoms with Crippen LogP contribution < -0.4 is 10.6 Å². The average Bonchev–Trinajstić information content (AvgIpc) is 2.69. The molecule has 0 bridgehead atoms. The van der Waals surface area contributed by atoms with E-state index >= 15 is 0 Å². The molecule has 108 valence electrons. The van der Waals surface area contributed by atoms with E-state index < -0.39 is 0 Å². The van der Waals surface area contributed by atoms with Gasteiger partial charge in [0.2, 0.25) is 5.91 Å². The lowest BCUT2D eigenvalue weighted by Gasteiger charge is -2.22. The first kappa shape index (κ1) is 13.4. The van der Waals surface area contributed by atoms with E-state index in [-0.39, 0.29) is 11.7 Å². The van der Waals surface area contributed by atoms with Crippen LogP contribution in [0, 0.1) is 5.82 Å². The highest BCUT2D eigenvalue weighted by atomic mass is 19.1. The summed E-state index contributed by atoms with van der Waals surface area (Å²) in [4.78, 5) is 11.4. The van der Waals surface area contributed by atoms with Crippen LogP contribution in [0.5, 0.6) is 0 Å². The van der Waals surface area contributed by atoms with Crippen LogP contribution >= 0.6 is 0 Å². The van der Waals surface area contributed by atoms with E-state index in [1.807, 2.05) is 0 Å². The quantitative estimate of drug-likeness (QED) is 0.806. The minimum atomic E-state index is -0.204.